The number of ether oxygens (including phenoxy) is 1. The smallest absolute Gasteiger partial charge is 0.156 e. The second-order valence-electron chi connectivity index (χ2n) is 6.37. The molecule has 0 spiro atoms. The summed E-state index contributed by atoms with van der Waals surface area (Å²) < 4.78 is 12.7. The van der Waals surface area contributed by atoms with E-state index in [1.807, 2.05) is 30.7 Å². The summed E-state index contributed by atoms with van der Waals surface area (Å²) >= 11 is 0. The van der Waals surface area contributed by atoms with Crippen LogP contribution in [0.1, 0.15) is 41.0 Å². The van der Waals surface area contributed by atoms with Gasteiger partial charge < -0.3 is 9.26 Å². The molecule has 1 saturated heterocycles. The third-order valence-corrected chi connectivity index (χ3v) is 4.67. The zero-order chi connectivity index (χ0) is 17.2. The van der Waals surface area contributed by atoms with E-state index in [1.165, 1.54) is 0 Å². The van der Waals surface area contributed by atoms with Crippen molar-refractivity contribution in [3.8, 4) is 5.69 Å². The third kappa shape index (κ3) is 3.19. The molecular weight excluding hydrogens is 318 g/mol. The highest BCUT2D eigenvalue weighted by Crippen LogP contribution is 2.24. The van der Waals surface area contributed by atoms with E-state index in [0.717, 1.165) is 60.2 Å². The van der Waals surface area contributed by atoms with Gasteiger partial charge in [-0.25, -0.2) is 9.67 Å². The minimum atomic E-state index is 0.279. The zero-order valence-corrected chi connectivity index (χ0v) is 14.5. The Morgan fingerprint density at radius 3 is 2.72 bits per heavy atom. The predicted octanol–water partition coefficient (Wildman–Crippen LogP) is 2.56. The van der Waals surface area contributed by atoms with Crippen LogP contribution in [0.25, 0.3) is 5.69 Å². The first-order valence-electron chi connectivity index (χ1n) is 8.58. The molecule has 0 radical (unpaired) electrons. The molecule has 7 heteroatoms. The number of rotatable bonds is 5. The van der Waals surface area contributed by atoms with Gasteiger partial charge >= 0.3 is 0 Å². The van der Waals surface area contributed by atoms with Gasteiger partial charge in [0.2, 0.25) is 0 Å². The van der Waals surface area contributed by atoms with Crippen LogP contribution in [0.2, 0.25) is 0 Å². The quantitative estimate of drug-likeness (QED) is 0.711. The SMILES string of the molecule is Cc1noc(C)c1CCc1nc(C2CCOC2)nn1-c1ccncc1. The maximum atomic E-state index is 5.50. The summed E-state index contributed by atoms with van der Waals surface area (Å²) in [6.07, 6.45) is 6.11. The van der Waals surface area contributed by atoms with Crippen LogP contribution in [0.4, 0.5) is 0 Å². The summed E-state index contributed by atoms with van der Waals surface area (Å²) in [4.78, 5) is 8.92. The molecule has 130 valence electrons. The minimum Gasteiger partial charge on any atom is -0.381 e. The molecule has 0 N–H and O–H groups in total. The molecule has 1 atom stereocenters. The van der Waals surface area contributed by atoms with E-state index in [1.54, 1.807) is 12.4 Å². The van der Waals surface area contributed by atoms with Gasteiger partial charge in [-0.1, -0.05) is 5.16 Å². The van der Waals surface area contributed by atoms with Crippen molar-refractivity contribution in [2.45, 2.75) is 39.0 Å². The van der Waals surface area contributed by atoms with Crippen LogP contribution in [0.3, 0.4) is 0 Å². The van der Waals surface area contributed by atoms with Gasteiger partial charge in [-0.3, -0.25) is 4.98 Å². The second kappa shape index (κ2) is 6.76. The second-order valence-corrected chi connectivity index (χ2v) is 6.37. The normalized spacial score (nSPS) is 17.3. The Balaban J connectivity index is 1.65. The van der Waals surface area contributed by atoms with Gasteiger partial charge in [-0.2, -0.15) is 5.10 Å². The molecule has 4 heterocycles. The Labute approximate surface area is 146 Å². The fraction of sp³-hybridized carbons (Fsp3) is 0.444. The van der Waals surface area contributed by atoms with Crippen molar-refractivity contribution in [1.82, 2.24) is 24.9 Å². The lowest BCUT2D eigenvalue weighted by Crippen LogP contribution is -2.05. The maximum absolute atomic E-state index is 5.50. The molecule has 4 rings (SSSR count). The first-order chi connectivity index (χ1) is 12.2. The highest BCUT2D eigenvalue weighted by Gasteiger charge is 2.24. The number of aromatic nitrogens is 5. The van der Waals surface area contributed by atoms with Crippen LogP contribution in [-0.2, 0) is 17.6 Å². The Kier molecular flexibility index (Phi) is 4.31. The van der Waals surface area contributed by atoms with Crippen molar-refractivity contribution >= 4 is 0 Å². The van der Waals surface area contributed by atoms with Crippen LogP contribution >= 0.6 is 0 Å². The molecule has 25 heavy (non-hydrogen) atoms. The van der Waals surface area contributed by atoms with Gasteiger partial charge in [-0.05, 0) is 38.8 Å². The molecule has 0 amide bonds. The largest absolute Gasteiger partial charge is 0.381 e. The van der Waals surface area contributed by atoms with Gasteiger partial charge in [0.1, 0.15) is 11.6 Å². The average Bonchev–Trinajstić information content (AvgIpc) is 3.35. The molecule has 0 bridgehead atoms. The summed E-state index contributed by atoms with van der Waals surface area (Å²) in [5.74, 6) is 2.95. The van der Waals surface area contributed by atoms with E-state index in [2.05, 4.69) is 10.1 Å². The van der Waals surface area contributed by atoms with Crippen molar-refractivity contribution in [2.75, 3.05) is 13.2 Å². The Morgan fingerprint density at radius 1 is 1.20 bits per heavy atom. The van der Waals surface area contributed by atoms with Gasteiger partial charge in [0.15, 0.2) is 5.82 Å². The van der Waals surface area contributed by atoms with Crippen LogP contribution in [0.5, 0.6) is 0 Å². The monoisotopic (exact) mass is 339 g/mol. The van der Waals surface area contributed by atoms with E-state index < -0.39 is 0 Å². The number of nitrogens with zero attached hydrogens (tertiary/aromatic N) is 5. The first-order valence-corrected chi connectivity index (χ1v) is 8.58. The molecule has 1 aliphatic heterocycles. The van der Waals surface area contributed by atoms with Crippen molar-refractivity contribution < 1.29 is 9.26 Å². The molecule has 3 aromatic heterocycles. The van der Waals surface area contributed by atoms with Crippen LogP contribution in [0.15, 0.2) is 29.0 Å². The summed E-state index contributed by atoms with van der Waals surface area (Å²) in [5, 5.41) is 8.80. The molecule has 1 unspecified atom stereocenters. The Hall–Kier alpha value is -2.54. The number of pyridine rings is 1. The highest BCUT2D eigenvalue weighted by molar-refractivity contribution is 5.30. The van der Waals surface area contributed by atoms with Gasteiger partial charge in [0, 0.05) is 36.9 Å². The molecule has 0 aromatic carbocycles. The van der Waals surface area contributed by atoms with E-state index in [9.17, 15) is 0 Å². The maximum Gasteiger partial charge on any atom is 0.156 e. The Morgan fingerprint density at radius 2 is 2.04 bits per heavy atom. The molecular formula is C18H21N5O2. The standard InChI is InChI=1S/C18H21N5O2/c1-12-16(13(2)25-22-12)3-4-17-20-18(14-7-10-24-11-14)21-23(17)15-5-8-19-9-6-15/h5-6,8-9,14H,3-4,7,10-11H2,1-2H3. The average molecular weight is 339 g/mol. The van der Waals surface area contributed by atoms with Crippen LogP contribution in [0, 0.1) is 13.8 Å². The van der Waals surface area contributed by atoms with E-state index >= 15 is 0 Å². The topological polar surface area (TPSA) is 78.9 Å². The number of aryl methyl sites for hydroxylation is 3. The third-order valence-electron chi connectivity index (χ3n) is 4.67. The number of hydrogen-bond donors (Lipinski definition) is 0. The summed E-state index contributed by atoms with van der Waals surface area (Å²) in [6, 6.07) is 3.89. The summed E-state index contributed by atoms with van der Waals surface area (Å²) in [7, 11) is 0. The van der Waals surface area contributed by atoms with E-state index in [0.29, 0.717) is 6.61 Å². The van der Waals surface area contributed by atoms with Crippen molar-refractivity contribution in [1.29, 1.82) is 0 Å². The van der Waals surface area contributed by atoms with Gasteiger partial charge in [-0.15, -0.1) is 0 Å². The predicted molar refractivity (Wildman–Crippen MR) is 90.7 cm³/mol. The van der Waals surface area contributed by atoms with Crippen molar-refractivity contribution in [3.05, 3.63) is 53.2 Å². The van der Waals surface area contributed by atoms with Crippen molar-refractivity contribution in [3.63, 3.8) is 0 Å². The lowest BCUT2D eigenvalue weighted by Gasteiger charge is -2.05. The Bertz CT molecular complexity index is 830. The van der Waals surface area contributed by atoms with Gasteiger partial charge in [0.05, 0.1) is 18.0 Å². The molecule has 3 aromatic rings. The molecule has 1 fully saturated rings. The van der Waals surface area contributed by atoms with Crippen LogP contribution in [-0.4, -0.2) is 38.1 Å². The summed E-state index contributed by atoms with van der Waals surface area (Å²) in [6.45, 7) is 5.40. The summed E-state index contributed by atoms with van der Waals surface area (Å²) in [5.41, 5.74) is 3.06. The van der Waals surface area contributed by atoms with Crippen molar-refractivity contribution in [2.24, 2.45) is 0 Å². The lowest BCUT2D eigenvalue weighted by atomic mass is 10.1. The zero-order valence-electron chi connectivity index (χ0n) is 14.5. The molecule has 1 aliphatic rings. The lowest BCUT2D eigenvalue weighted by molar-refractivity contribution is 0.193. The van der Waals surface area contributed by atoms with E-state index in [4.69, 9.17) is 19.3 Å². The van der Waals surface area contributed by atoms with Gasteiger partial charge in [0.25, 0.3) is 0 Å². The van der Waals surface area contributed by atoms with Crippen LogP contribution < -0.4 is 0 Å². The van der Waals surface area contributed by atoms with E-state index in [-0.39, 0.29) is 5.92 Å². The molecule has 0 aliphatic carbocycles. The highest BCUT2D eigenvalue weighted by atomic mass is 16.5. The fourth-order valence-corrected chi connectivity index (χ4v) is 3.22. The molecule has 7 nitrogen and oxygen atoms in total. The first kappa shape index (κ1) is 16.0. The molecule has 0 saturated carbocycles. The number of hydrogen-bond acceptors (Lipinski definition) is 6. The fourth-order valence-electron chi connectivity index (χ4n) is 3.22. The minimum absolute atomic E-state index is 0.279.